The zero-order chi connectivity index (χ0) is 16.7. The van der Waals surface area contributed by atoms with Crippen molar-refractivity contribution >= 4 is 29.2 Å². The summed E-state index contributed by atoms with van der Waals surface area (Å²) in [6.45, 7) is 0.456. The molecular formula is C17H17ClN2O3. The third-order valence-electron chi connectivity index (χ3n) is 3.17. The van der Waals surface area contributed by atoms with Crippen LogP contribution in [0.4, 0.5) is 5.69 Å². The summed E-state index contributed by atoms with van der Waals surface area (Å²) < 4.78 is 4.66. The third-order valence-corrected chi connectivity index (χ3v) is 3.54. The predicted molar refractivity (Wildman–Crippen MR) is 89.6 cm³/mol. The lowest BCUT2D eigenvalue weighted by Gasteiger charge is -2.09. The summed E-state index contributed by atoms with van der Waals surface area (Å²) in [7, 11) is 1.32. The molecule has 0 heterocycles. The average Bonchev–Trinajstić information content (AvgIpc) is 2.58. The number of carbonyl (C=O) groups excluding carboxylic acids is 2. The molecule has 0 saturated carbocycles. The van der Waals surface area contributed by atoms with Crippen molar-refractivity contribution in [3.05, 3.63) is 64.7 Å². The Bertz CT molecular complexity index is 704. The van der Waals surface area contributed by atoms with Gasteiger partial charge in [0.15, 0.2) is 0 Å². The van der Waals surface area contributed by atoms with Gasteiger partial charge in [-0.3, -0.25) is 4.79 Å². The second-order valence-electron chi connectivity index (χ2n) is 4.79. The Morgan fingerprint density at radius 1 is 1.13 bits per heavy atom. The predicted octanol–water partition coefficient (Wildman–Crippen LogP) is 2.85. The first-order valence-electron chi connectivity index (χ1n) is 7.02. The number of carbonyl (C=O) groups is 2. The molecule has 0 aliphatic heterocycles. The van der Waals surface area contributed by atoms with Crippen LogP contribution in [0.3, 0.4) is 0 Å². The third kappa shape index (κ3) is 5.00. The maximum absolute atomic E-state index is 11.9. The molecule has 2 rings (SSSR count). The van der Waals surface area contributed by atoms with E-state index in [1.54, 1.807) is 30.3 Å². The van der Waals surface area contributed by atoms with E-state index in [1.807, 2.05) is 18.2 Å². The van der Waals surface area contributed by atoms with Crippen LogP contribution in [0.5, 0.6) is 0 Å². The fourth-order valence-corrected chi connectivity index (χ4v) is 2.16. The number of amides is 1. The minimum atomic E-state index is -0.420. The molecule has 2 aromatic carbocycles. The Labute approximate surface area is 139 Å². The van der Waals surface area contributed by atoms with Gasteiger partial charge in [-0.05, 0) is 29.8 Å². The molecule has 0 fully saturated rings. The van der Waals surface area contributed by atoms with E-state index in [2.05, 4.69) is 15.4 Å². The molecule has 1 amide bonds. The van der Waals surface area contributed by atoms with Gasteiger partial charge in [0, 0.05) is 17.3 Å². The highest BCUT2D eigenvalue weighted by Gasteiger charge is 2.07. The first-order valence-corrected chi connectivity index (χ1v) is 7.40. The highest BCUT2D eigenvalue weighted by Crippen LogP contribution is 2.14. The fraction of sp³-hybridized carbons (Fsp3) is 0.176. The van der Waals surface area contributed by atoms with Crippen LogP contribution in [0, 0.1) is 0 Å². The molecule has 5 nitrogen and oxygen atoms in total. The smallest absolute Gasteiger partial charge is 0.337 e. The molecule has 0 bridgehead atoms. The van der Waals surface area contributed by atoms with Crippen molar-refractivity contribution in [1.29, 1.82) is 0 Å². The van der Waals surface area contributed by atoms with Crippen LogP contribution in [0.1, 0.15) is 15.9 Å². The Balaban J connectivity index is 1.85. The van der Waals surface area contributed by atoms with E-state index in [-0.39, 0.29) is 12.5 Å². The minimum Gasteiger partial charge on any atom is -0.465 e. The van der Waals surface area contributed by atoms with Crippen LogP contribution >= 0.6 is 11.6 Å². The van der Waals surface area contributed by atoms with Gasteiger partial charge in [0.25, 0.3) is 0 Å². The molecule has 0 spiro atoms. The van der Waals surface area contributed by atoms with E-state index in [0.717, 1.165) is 5.56 Å². The zero-order valence-electron chi connectivity index (χ0n) is 12.6. The van der Waals surface area contributed by atoms with Crippen LogP contribution in [0.25, 0.3) is 0 Å². The summed E-state index contributed by atoms with van der Waals surface area (Å²) >= 11 is 6.03. The monoisotopic (exact) mass is 332 g/mol. The maximum atomic E-state index is 11.9. The van der Waals surface area contributed by atoms with E-state index in [9.17, 15) is 9.59 Å². The lowest BCUT2D eigenvalue weighted by molar-refractivity contribution is -0.119. The van der Waals surface area contributed by atoms with Crippen molar-refractivity contribution in [3.8, 4) is 0 Å². The van der Waals surface area contributed by atoms with E-state index in [4.69, 9.17) is 11.6 Å². The summed E-state index contributed by atoms with van der Waals surface area (Å²) in [5, 5.41) is 6.36. The van der Waals surface area contributed by atoms with Crippen molar-refractivity contribution in [1.82, 2.24) is 5.32 Å². The molecule has 2 N–H and O–H groups in total. The van der Waals surface area contributed by atoms with E-state index < -0.39 is 5.97 Å². The fourth-order valence-electron chi connectivity index (χ4n) is 1.95. The van der Waals surface area contributed by atoms with Gasteiger partial charge in [0.1, 0.15) is 0 Å². The van der Waals surface area contributed by atoms with Crippen LogP contribution < -0.4 is 10.6 Å². The van der Waals surface area contributed by atoms with Gasteiger partial charge >= 0.3 is 5.97 Å². The number of nitrogens with one attached hydrogen (secondary N) is 2. The SMILES string of the molecule is COC(=O)c1cccc(NCC(=O)NCc2ccccc2Cl)c1. The number of halogens is 1. The van der Waals surface area contributed by atoms with Crippen molar-refractivity contribution in [2.75, 3.05) is 19.0 Å². The van der Waals surface area contributed by atoms with Gasteiger partial charge in [-0.1, -0.05) is 35.9 Å². The summed E-state index contributed by atoms with van der Waals surface area (Å²) in [5.41, 5.74) is 1.95. The number of esters is 1. The van der Waals surface area contributed by atoms with Crippen molar-refractivity contribution in [2.45, 2.75) is 6.54 Å². The number of hydrogen-bond acceptors (Lipinski definition) is 4. The number of ether oxygens (including phenoxy) is 1. The van der Waals surface area contributed by atoms with E-state index in [1.165, 1.54) is 7.11 Å². The van der Waals surface area contributed by atoms with Gasteiger partial charge < -0.3 is 15.4 Å². The largest absolute Gasteiger partial charge is 0.465 e. The van der Waals surface area contributed by atoms with Crippen LogP contribution in [-0.2, 0) is 16.1 Å². The number of benzene rings is 2. The molecule has 0 saturated heterocycles. The molecule has 120 valence electrons. The standard InChI is InChI=1S/C17H17ClN2O3/c1-23-17(22)12-6-4-7-14(9-12)19-11-16(21)20-10-13-5-2-3-8-15(13)18/h2-9,19H,10-11H2,1H3,(H,20,21). The Morgan fingerprint density at radius 3 is 2.65 bits per heavy atom. The molecule has 6 heteroatoms. The molecule has 23 heavy (non-hydrogen) atoms. The van der Waals surface area contributed by atoms with Gasteiger partial charge in [0.05, 0.1) is 19.2 Å². The van der Waals surface area contributed by atoms with Crippen molar-refractivity contribution in [2.24, 2.45) is 0 Å². The Morgan fingerprint density at radius 2 is 1.91 bits per heavy atom. The van der Waals surface area contributed by atoms with Crippen LogP contribution in [0.15, 0.2) is 48.5 Å². The van der Waals surface area contributed by atoms with Crippen LogP contribution in [0.2, 0.25) is 5.02 Å². The molecule has 0 radical (unpaired) electrons. The Kier molecular flexibility index (Phi) is 6.00. The maximum Gasteiger partial charge on any atom is 0.337 e. The Hall–Kier alpha value is -2.53. The molecule has 0 unspecified atom stereocenters. The first kappa shape index (κ1) is 16.8. The lowest BCUT2D eigenvalue weighted by atomic mass is 10.2. The summed E-state index contributed by atoms with van der Waals surface area (Å²) in [6.07, 6.45) is 0. The topological polar surface area (TPSA) is 67.4 Å². The average molecular weight is 333 g/mol. The van der Waals surface area contributed by atoms with Gasteiger partial charge in [-0.15, -0.1) is 0 Å². The summed E-state index contributed by atoms with van der Waals surface area (Å²) in [6, 6.07) is 14.1. The molecule has 0 aliphatic carbocycles. The van der Waals surface area contributed by atoms with Crippen molar-refractivity contribution < 1.29 is 14.3 Å². The molecule has 2 aromatic rings. The first-order chi connectivity index (χ1) is 11.1. The number of anilines is 1. The zero-order valence-corrected chi connectivity index (χ0v) is 13.4. The highest BCUT2D eigenvalue weighted by molar-refractivity contribution is 6.31. The second-order valence-corrected chi connectivity index (χ2v) is 5.20. The lowest BCUT2D eigenvalue weighted by Crippen LogP contribution is -2.29. The summed E-state index contributed by atoms with van der Waals surface area (Å²) in [4.78, 5) is 23.3. The molecule has 0 aliphatic rings. The van der Waals surface area contributed by atoms with Crippen LogP contribution in [-0.4, -0.2) is 25.5 Å². The van der Waals surface area contributed by atoms with Gasteiger partial charge in [-0.2, -0.15) is 0 Å². The number of hydrogen-bond donors (Lipinski definition) is 2. The minimum absolute atomic E-state index is 0.0923. The van der Waals surface area contributed by atoms with E-state index in [0.29, 0.717) is 22.8 Å². The number of rotatable bonds is 6. The molecule has 0 aromatic heterocycles. The molecule has 0 atom stereocenters. The second kappa shape index (κ2) is 8.19. The van der Waals surface area contributed by atoms with Crippen molar-refractivity contribution in [3.63, 3.8) is 0 Å². The van der Waals surface area contributed by atoms with E-state index >= 15 is 0 Å². The summed E-state index contributed by atoms with van der Waals surface area (Å²) in [5.74, 6) is -0.592. The van der Waals surface area contributed by atoms with Gasteiger partial charge in [0.2, 0.25) is 5.91 Å². The highest BCUT2D eigenvalue weighted by atomic mass is 35.5. The normalized spacial score (nSPS) is 10.0. The number of methoxy groups -OCH3 is 1. The quantitative estimate of drug-likeness (QED) is 0.798. The molecular weight excluding hydrogens is 316 g/mol. The van der Waals surface area contributed by atoms with Gasteiger partial charge in [-0.25, -0.2) is 4.79 Å².